The van der Waals surface area contributed by atoms with Crippen LogP contribution in [0.1, 0.15) is 54.4 Å². The molecule has 1 aliphatic carbocycles. The van der Waals surface area contributed by atoms with E-state index in [9.17, 15) is 27.6 Å². The van der Waals surface area contributed by atoms with Crippen LogP contribution in [0.5, 0.6) is 0 Å². The van der Waals surface area contributed by atoms with Crippen molar-refractivity contribution in [2.45, 2.75) is 75.6 Å². The van der Waals surface area contributed by atoms with Crippen LogP contribution in [0.2, 0.25) is 6.82 Å². The standard InChI is InChI=1S/C31H41BF3N5O4/c1-32-24-17-21(5-8-23(24)30(44-32)11-2-12-30)19-27(41)26(18-20-3-6-22(7-4-20)31(33,34)35)39-29(43)25(38)9-10-28(42)40(15-13-36)16-14-37/h3-8,17,25-26H,2,9-16,18-19,36-38H2,1H3,(H,39,43)/t25-,26+/m0/s1. The minimum atomic E-state index is -4.50. The number of carbonyl (C=O) groups excluding carboxylic acids is 3. The van der Waals surface area contributed by atoms with Gasteiger partial charge in [-0.15, -0.1) is 0 Å². The highest BCUT2D eigenvalue weighted by Gasteiger charge is 2.48. The van der Waals surface area contributed by atoms with Crippen molar-refractivity contribution in [2.24, 2.45) is 17.2 Å². The number of benzene rings is 2. The van der Waals surface area contributed by atoms with Crippen molar-refractivity contribution in [3.05, 3.63) is 64.7 Å². The maximum absolute atomic E-state index is 13.6. The fourth-order valence-electron chi connectivity index (χ4n) is 5.98. The van der Waals surface area contributed by atoms with Gasteiger partial charge in [-0.2, -0.15) is 13.2 Å². The van der Waals surface area contributed by atoms with E-state index in [0.717, 1.165) is 48.0 Å². The summed E-state index contributed by atoms with van der Waals surface area (Å²) < 4.78 is 45.6. The number of rotatable bonds is 14. The van der Waals surface area contributed by atoms with Gasteiger partial charge in [-0.1, -0.05) is 37.2 Å². The van der Waals surface area contributed by atoms with E-state index < -0.39 is 29.7 Å². The Hall–Kier alpha value is -3.26. The van der Waals surface area contributed by atoms with Gasteiger partial charge in [0.25, 0.3) is 0 Å². The number of nitrogens with two attached hydrogens (primary N) is 3. The third-order valence-electron chi connectivity index (χ3n) is 8.57. The number of hydrogen-bond donors (Lipinski definition) is 4. The van der Waals surface area contributed by atoms with Gasteiger partial charge in [0.05, 0.1) is 23.2 Å². The molecule has 0 saturated heterocycles. The first-order valence-corrected chi connectivity index (χ1v) is 15.1. The summed E-state index contributed by atoms with van der Waals surface area (Å²) in [6.45, 7) is 3.08. The topological polar surface area (TPSA) is 154 Å². The highest BCUT2D eigenvalue weighted by molar-refractivity contribution is 6.67. The van der Waals surface area contributed by atoms with E-state index in [0.29, 0.717) is 18.7 Å². The molecule has 0 aromatic heterocycles. The van der Waals surface area contributed by atoms with Crippen molar-refractivity contribution in [2.75, 3.05) is 26.2 Å². The SMILES string of the molecule is CB1OC2(CCC2)c2ccc(CC(=O)[C@@H](Cc3ccc(C(F)(F)F)cc3)NC(=O)[C@@H](N)CCC(=O)N(CCN)CCN)cc21. The number of carbonyl (C=O) groups is 3. The van der Waals surface area contributed by atoms with E-state index in [2.05, 4.69) is 5.32 Å². The lowest BCUT2D eigenvalue weighted by Gasteiger charge is -2.39. The average molecular weight is 616 g/mol. The number of ketones is 1. The molecule has 2 aromatic rings. The van der Waals surface area contributed by atoms with Crippen molar-refractivity contribution < 1.29 is 32.2 Å². The highest BCUT2D eigenvalue weighted by atomic mass is 19.4. The first-order chi connectivity index (χ1) is 20.9. The minimum Gasteiger partial charge on any atom is -0.422 e. The van der Waals surface area contributed by atoms with Gasteiger partial charge in [0, 0.05) is 39.0 Å². The summed E-state index contributed by atoms with van der Waals surface area (Å²) in [6.07, 6.45) is -1.47. The first kappa shape index (κ1) is 33.6. The summed E-state index contributed by atoms with van der Waals surface area (Å²) in [7, 11) is 0. The molecule has 1 saturated carbocycles. The second kappa shape index (κ2) is 14.2. The van der Waals surface area contributed by atoms with E-state index in [1.165, 1.54) is 17.0 Å². The van der Waals surface area contributed by atoms with Gasteiger partial charge in [-0.05, 0) is 66.4 Å². The monoisotopic (exact) mass is 615 g/mol. The molecule has 4 rings (SSSR count). The normalized spacial score (nSPS) is 16.7. The number of amides is 2. The second-order valence-corrected chi connectivity index (χ2v) is 11.7. The molecule has 2 amide bonds. The lowest BCUT2D eigenvalue weighted by atomic mass is 9.63. The zero-order valence-electron chi connectivity index (χ0n) is 25.0. The summed E-state index contributed by atoms with van der Waals surface area (Å²) >= 11 is 0. The summed E-state index contributed by atoms with van der Waals surface area (Å²) in [4.78, 5) is 40.8. The Morgan fingerprint density at radius 3 is 2.25 bits per heavy atom. The van der Waals surface area contributed by atoms with Crippen LogP contribution in [-0.4, -0.2) is 67.7 Å². The predicted octanol–water partition coefficient (Wildman–Crippen LogP) is 1.64. The molecule has 2 atom stereocenters. The second-order valence-electron chi connectivity index (χ2n) is 11.7. The third kappa shape index (κ3) is 7.87. The first-order valence-electron chi connectivity index (χ1n) is 15.1. The third-order valence-corrected chi connectivity index (χ3v) is 8.57. The number of hydrogen-bond acceptors (Lipinski definition) is 7. The number of Topliss-reactive ketones (excluding diaryl/α,β-unsaturated/α-hetero) is 1. The summed E-state index contributed by atoms with van der Waals surface area (Å²) in [5.74, 6) is -1.18. The van der Waals surface area contributed by atoms with Gasteiger partial charge in [-0.3, -0.25) is 14.4 Å². The lowest BCUT2D eigenvalue weighted by molar-refractivity contribution is -0.137. The average Bonchev–Trinajstić information content (AvgIpc) is 3.27. The Morgan fingerprint density at radius 1 is 1.05 bits per heavy atom. The number of nitrogens with zero attached hydrogens (tertiary/aromatic N) is 1. The van der Waals surface area contributed by atoms with Crippen LogP contribution < -0.4 is 28.0 Å². The van der Waals surface area contributed by atoms with Crippen molar-refractivity contribution in [1.82, 2.24) is 10.2 Å². The largest absolute Gasteiger partial charge is 0.422 e. The Balaban J connectivity index is 1.47. The molecule has 2 aliphatic rings. The molecular formula is C31H41BF3N5O4. The molecule has 1 aliphatic heterocycles. The van der Waals surface area contributed by atoms with Crippen LogP contribution in [-0.2, 0) is 43.7 Å². The van der Waals surface area contributed by atoms with E-state index in [1.807, 2.05) is 25.0 Å². The van der Waals surface area contributed by atoms with Crippen LogP contribution in [0.25, 0.3) is 0 Å². The van der Waals surface area contributed by atoms with Crippen LogP contribution in [0.4, 0.5) is 13.2 Å². The Labute approximate surface area is 256 Å². The van der Waals surface area contributed by atoms with E-state index >= 15 is 0 Å². The molecule has 0 radical (unpaired) electrons. The van der Waals surface area contributed by atoms with Crippen molar-refractivity contribution in [3.63, 3.8) is 0 Å². The maximum atomic E-state index is 13.6. The van der Waals surface area contributed by atoms with Gasteiger partial charge in [0.15, 0.2) is 5.78 Å². The molecule has 1 fully saturated rings. The van der Waals surface area contributed by atoms with Crippen molar-refractivity contribution >= 4 is 30.0 Å². The molecular weight excluding hydrogens is 574 g/mol. The van der Waals surface area contributed by atoms with Crippen LogP contribution in [0.15, 0.2) is 42.5 Å². The molecule has 9 nitrogen and oxygen atoms in total. The van der Waals surface area contributed by atoms with E-state index in [1.54, 1.807) is 0 Å². The van der Waals surface area contributed by atoms with E-state index in [4.69, 9.17) is 21.9 Å². The number of fused-ring (bicyclic) bond motifs is 2. The molecule has 238 valence electrons. The molecule has 1 spiro atoms. The molecule has 13 heteroatoms. The molecule has 0 bridgehead atoms. The Morgan fingerprint density at radius 2 is 1.68 bits per heavy atom. The summed E-state index contributed by atoms with van der Waals surface area (Å²) in [6, 6.07) is 8.21. The Kier molecular flexibility index (Phi) is 10.9. The van der Waals surface area contributed by atoms with Gasteiger partial charge >= 0.3 is 13.1 Å². The van der Waals surface area contributed by atoms with Crippen LogP contribution >= 0.6 is 0 Å². The van der Waals surface area contributed by atoms with Gasteiger partial charge in [-0.25, -0.2) is 0 Å². The minimum absolute atomic E-state index is 0.000553. The molecule has 0 unspecified atom stereocenters. The van der Waals surface area contributed by atoms with Crippen molar-refractivity contribution in [3.8, 4) is 0 Å². The molecule has 44 heavy (non-hydrogen) atoms. The number of halogens is 3. The molecule has 2 aromatic carbocycles. The van der Waals surface area contributed by atoms with Crippen molar-refractivity contribution in [1.29, 1.82) is 0 Å². The van der Waals surface area contributed by atoms with Crippen LogP contribution in [0.3, 0.4) is 0 Å². The van der Waals surface area contributed by atoms with Gasteiger partial charge in [0.2, 0.25) is 11.8 Å². The summed E-state index contributed by atoms with van der Waals surface area (Å²) in [5, 5.41) is 2.70. The Bertz CT molecular complexity index is 1330. The lowest BCUT2D eigenvalue weighted by Crippen LogP contribution is -2.50. The predicted molar refractivity (Wildman–Crippen MR) is 162 cm³/mol. The molecule has 7 N–H and O–H groups in total. The number of nitrogens with one attached hydrogen (secondary N) is 1. The zero-order valence-corrected chi connectivity index (χ0v) is 25.0. The maximum Gasteiger partial charge on any atom is 0.416 e. The fourth-order valence-corrected chi connectivity index (χ4v) is 5.98. The highest BCUT2D eigenvalue weighted by Crippen LogP contribution is 2.47. The molecule has 1 heterocycles. The van der Waals surface area contributed by atoms with E-state index in [-0.39, 0.29) is 63.0 Å². The van der Waals surface area contributed by atoms with Gasteiger partial charge < -0.3 is 32.1 Å². The van der Waals surface area contributed by atoms with Gasteiger partial charge in [0.1, 0.15) is 0 Å². The fraction of sp³-hybridized carbons (Fsp3) is 0.516. The zero-order chi connectivity index (χ0) is 32.1. The summed E-state index contributed by atoms with van der Waals surface area (Å²) in [5.41, 5.74) is 19.6. The van der Waals surface area contributed by atoms with Crippen LogP contribution in [0, 0.1) is 0 Å². The quantitative estimate of drug-likeness (QED) is 0.236. The number of alkyl halides is 3. The smallest absolute Gasteiger partial charge is 0.416 e.